The van der Waals surface area contributed by atoms with Gasteiger partial charge in [0.2, 0.25) is 10.0 Å². The van der Waals surface area contributed by atoms with Gasteiger partial charge in [-0.25, -0.2) is 13.1 Å². The molecule has 6 nitrogen and oxygen atoms in total. The summed E-state index contributed by atoms with van der Waals surface area (Å²) in [5, 5.41) is 0. The lowest BCUT2D eigenvalue weighted by molar-refractivity contribution is -0.0498. The maximum absolute atomic E-state index is 12.8. The van der Waals surface area contributed by atoms with Gasteiger partial charge in [-0.3, -0.25) is 4.79 Å². The van der Waals surface area contributed by atoms with E-state index in [4.69, 9.17) is 0 Å². The number of carbonyl (C=O) groups is 1. The zero-order valence-corrected chi connectivity index (χ0v) is 18.2. The van der Waals surface area contributed by atoms with Crippen molar-refractivity contribution in [3.8, 4) is 5.75 Å². The van der Waals surface area contributed by atoms with Crippen LogP contribution in [-0.4, -0.2) is 38.9 Å². The molecule has 1 aliphatic heterocycles. The van der Waals surface area contributed by atoms with Crippen LogP contribution >= 0.6 is 0 Å². The summed E-state index contributed by atoms with van der Waals surface area (Å²) in [5.74, 6) is 0.0222. The summed E-state index contributed by atoms with van der Waals surface area (Å²) in [6.45, 7) is -1.34. The van der Waals surface area contributed by atoms with Crippen LogP contribution in [0.3, 0.4) is 0 Å². The highest BCUT2D eigenvalue weighted by Crippen LogP contribution is 2.30. The fourth-order valence-electron chi connectivity index (χ4n) is 4.02. The second-order valence-corrected chi connectivity index (χ2v) is 9.69. The molecular weight excluding hydrogens is 438 g/mol. The fraction of sp³-hybridized carbons (Fsp3) is 0.348. The lowest BCUT2D eigenvalue weighted by Crippen LogP contribution is -2.28. The number of ether oxygens (including phenoxy) is 1. The number of halogens is 2. The van der Waals surface area contributed by atoms with E-state index in [2.05, 4.69) is 9.46 Å². The molecule has 1 saturated heterocycles. The van der Waals surface area contributed by atoms with Gasteiger partial charge in [0.05, 0.1) is 4.91 Å². The molecule has 2 aliphatic rings. The largest absolute Gasteiger partial charge is 0.435 e. The second kappa shape index (κ2) is 9.38. The highest BCUT2D eigenvalue weighted by Gasteiger charge is 2.23. The molecule has 9 heteroatoms. The Kier molecular flexibility index (Phi) is 6.57. The topological polar surface area (TPSA) is 75.7 Å². The number of rotatable bonds is 7. The highest BCUT2D eigenvalue weighted by molar-refractivity contribution is 7.93. The lowest BCUT2D eigenvalue weighted by Gasteiger charge is -2.18. The van der Waals surface area contributed by atoms with Crippen LogP contribution in [0.5, 0.6) is 5.75 Å². The minimum atomic E-state index is -3.74. The lowest BCUT2D eigenvalue weighted by atomic mass is 9.97. The first-order valence-electron chi connectivity index (χ1n) is 10.5. The van der Waals surface area contributed by atoms with Crippen LogP contribution < -0.4 is 9.46 Å². The van der Waals surface area contributed by atoms with Crippen molar-refractivity contribution in [3.05, 3.63) is 69.6 Å². The first kappa shape index (κ1) is 22.4. The molecule has 32 heavy (non-hydrogen) atoms. The third-order valence-electron chi connectivity index (χ3n) is 5.68. The van der Waals surface area contributed by atoms with Crippen LogP contribution in [0.15, 0.2) is 47.4 Å². The number of sulfonamides is 1. The molecule has 0 spiro atoms. The molecule has 0 bridgehead atoms. The highest BCUT2D eigenvalue weighted by atomic mass is 32.2. The maximum atomic E-state index is 12.8. The number of hydrogen-bond acceptors (Lipinski definition) is 4. The van der Waals surface area contributed by atoms with Gasteiger partial charge in [-0.1, -0.05) is 18.2 Å². The van der Waals surface area contributed by atoms with E-state index in [0.717, 1.165) is 31.5 Å². The van der Waals surface area contributed by atoms with Crippen LogP contribution in [0.4, 0.5) is 8.78 Å². The molecule has 0 saturated carbocycles. The Balaban J connectivity index is 1.44. The number of allylic oxidation sites excluding steroid dienone is 1. The molecule has 2 aromatic rings. The number of carbonyl (C=O) groups excluding carboxylic acids is 1. The smallest absolute Gasteiger partial charge is 0.387 e. The predicted octanol–water partition coefficient (Wildman–Crippen LogP) is 3.93. The van der Waals surface area contributed by atoms with Crippen molar-refractivity contribution >= 4 is 22.0 Å². The van der Waals surface area contributed by atoms with Gasteiger partial charge in [-0.05, 0) is 72.7 Å². The Morgan fingerprint density at radius 2 is 1.88 bits per heavy atom. The van der Waals surface area contributed by atoms with Crippen molar-refractivity contribution in [2.75, 3.05) is 13.1 Å². The predicted molar refractivity (Wildman–Crippen MR) is 117 cm³/mol. The zero-order valence-electron chi connectivity index (χ0n) is 17.4. The minimum absolute atomic E-state index is 0.0333. The molecule has 0 aromatic heterocycles. The molecule has 0 radical (unpaired) electrons. The number of hydrogen-bond donors (Lipinski definition) is 1. The van der Waals surface area contributed by atoms with Gasteiger partial charge in [0, 0.05) is 25.2 Å². The van der Waals surface area contributed by atoms with E-state index in [1.165, 1.54) is 12.1 Å². The molecule has 1 aliphatic carbocycles. The molecule has 1 amide bonds. The van der Waals surface area contributed by atoms with Crippen molar-refractivity contribution in [1.29, 1.82) is 0 Å². The van der Waals surface area contributed by atoms with Gasteiger partial charge < -0.3 is 9.64 Å². The molecule has 2 aromatic carbocycles. The number of alkyl halides is 2. The number of amides is 1. The average Bonchev–Trinajstić information content (AvgIpc) is 3.31. The van der Waals surface area contributed by atoms with Crippen LogP contribution in [0.2, 0.25) is 0 Å². The number of benzene rings is 2. The number of likely N-dealkylation sites (tertiary alicyclic amines) is 1. The standard InChI is InChI=1S/C23H24F2N2O4S/c24-23(25)31-20-8-6-18-14-21(9-7-17(18)13-20)32(29,30)26-15-16-4-3-5-19(12-16)22(28)27-10-1-2-11-27/h3-6,8,12-14,23,26H,1-2,7,9-11,15H2. The van der Waals surface area contributed by atoms with E-state index in [0.29, 0.717) is 23.1 Å². The first-order valence-corrected chi connectivity index (χ1v) is 12.0. The molecule has 1 heterocycles. The number of aryl methyl sites for hydroxylation is 1. The summed E-state index contributed by atoms with van der Waals surface area (Å²) in [5.41, 5.74) is 2.67. The van der Waals surface area contributed by atoms with E-state index in [9.17, 15) is 22.0 Å². The third-order valence-corrected chi connectivity index (χ3v) is 7.21. The van der Waals surface area contributed by atoms with Gasteiger partial charge in [0.1, 0.15) is 5.75 Å². The molecule has 170 valence electrons. The summed E-state index contributed by atoms with van der Waals surface area (Å²) < 4.78 is 57.5. The van der Waals surface area contributed by atoms with Crippen LogP contribution in [-0.2, 0) is 23.0 Å². The Bertz CT molecular complexity index is 1140. The zero-order chi connectivity index (χ0) is 22.7. The quantitative estimate of drug-likeness (QED) is 0.677. The second-order valence-electron chi connectivity index (χ2n) is 7.87. The van der Waals surface area contributed by atoms with E-state index in [1.807, 2.05) is 4.90 Å². The molecule has 0 unspecified atom stereocenters. The maximum Gasteiger partial charge on any atom is 0.387 e. The van der Waals surface area contributed by atoms with Crippen LogP contribution in [0.1, 0.15) is 46.3 Å². The van der Waals surface area contributed by atoms with Crippen molar-refractivity contribution in [3.63, 3.8) is 0 Å². The SMILES string of the molecule is O=C(c1cccc(CNS(=O)(=O)C2=Cc3ccc(OC(F)F)cc3CC2)c1)N1CCCC1. The van der Waals surface area contributed by atoms with Crippen molar-refractivity contribution in [2.45, 2.75) is 38.8 Å². The first-order chi connectivity index (χ1) is 15.3. The Morgan fingerprint density at radius 3 is 2.62 bits per heavy atom. The van der Waals surface area contributed by atoms with E-state index in [-0.39, 0.29) is 29.5 Å². The van der Waals surface area contributed by atoms with Crippen LogP contribution in [0.25, 0.3) is 6.08 Å². The number of nitrogens with one attached hydrogen (secondary N) is 1. The summed E-state index contributed by atoms with van der Waals surface area (Å²) in [7, 11) is -3.74. The summed E-state index contributed by atoms with van der Waals surface area (Å²) >= 11 is 0. The van der Waals surface area contributed by atoms with Crippen LogP contribution in [0, 0.1) is 0 Å². The average molecular weight is 463 g/mol. The molecule has 0 atom stereocenters. The Labute approximate surface area is 185 Å². The van der Waals surface area contributed by atoms with Gasteiger partial charge in [0.25, 0.3) is 5.91 Å². The Hall–Kier alpha value is -2.78. The number of fused-ring (bicyclic) bond motifs is 1. The normalized spacial score (nSPS) is 16.1. The molecule has 4 rings (SSSR count). The van der Waals surface area contributed by atoms with Gasteiger partial charge in [0.15, 0.2) is 0 Å². The Morgan fingerprint density at radius 1 is 1.09 bits per heavy atom. The fourth-order valence-corrected chi connectivity index (χ4v) is 5.21. The van der Waals surface area contributed by atoms with Crippen molar-refractivity contribution in [1.82, 2.24) is 9.62 Å². The van der Waals surface area contributed by atoms with Gasteiger partial charge in [-0.2, -0.15) is 8.78 Å². The summed E-state index contributed by atoms with van der Waals surface area (Å²) in [4.78, 5) is 14.6. The van der Waals surface area contributed by atoms with Gasteiger partial charge in [-0.15, -0.1) is 0 Å². The minimum Gasteiger partial charge on any atom is -0.435 e. The van der Waals surface area contributed by atoms with E-state index < -0.39 is 16.6 Å². The van der Waals surface area contributed by atoms with Gasteiger partial charge >= 0.3 is 6.61 Å². The van der Waals surface area contributed by atoms with Crippen molar-refractivity contribution in [2.24, 2.45) is 0 Å². The molecule has 1 fully saturated rings. The monoisotopic (exact) mass is 462 g/mol. The van der Waals surface area contributed by atoms with E-state index >= 15 is 0 Å². The third kappa shape index (κ3) is 5.16. The number of nitrogens with zero attached hydrogens (tertiary/aromatic N) is 1. The summed E-state index contributed by atoms with van der Waals surface area (Å²) in [6, 6.07) is 11.5. The van der Waals surface area contributed by atoms with E-state index in [1.54, 1.807) is 36.4 Å². The van der Waals surface area contributed by atoms with Crippen molar-refractivity contribution < 1.29 is 26.7 Å². The molecular formula is C23H24F2N2O4S. The molecule has 1 N–H and O–H groups in total. The summed E-state index contributed by atoms with van der Waals surface area (Å²) in [6.07, 6.45) is 4.23.